The van der Waals surface area contributed by atoms with E-state index in [0.29, 0.717) is 11.3 Å². The summed E-state index contributed by atoms with van der Waals surface area (Å²) in [6, 6.07) is 23.2. The smallest absolute Gasteiger partial charge is 0.338 e. The Kier molecular flexibility index (Phi) is 8.33. The zero-order valence-corrected chi connectivity index (χ0v) is 21.3. The van der Waals surface area contributed by atoms with Gasteiger partial charge in [-0.15, -0.1) is 0 Å². The van der Waals surface area contributed by atoms with Gasteiger partial charge in [-0.05, 0) is 67.6 Å². The highest BCUT2D eigenvalue weighted by Gasteiger charge is 2.19. The first-order valence-electron chi connectivity index (χ1n) is 11.6. The molecule has 0 aliphatic rings. The van der Waals surface area contributed by atoms with Gasteiger partial charge in [0.05, 0.1) is 15.5 Å². The molecular weight excluding hydrogens is 524 g/mol. The maximum atomic E-state index is 12.6. The first-order valence-corrected chi connectivity index (χ1v) is 12.0. The molecule has 1 N–H and O–H groups in total. The fourth-order valence-electron chi connectivity index (χ4n) is 3.50. The number of halogens is 1. The fraction of sp³-hybridized carbons (Fsp3) is 0.0690. The summed E-state index contributed by atoms with van der Waals surface area (Å²) in [7, 11) is 0. The number of nitrogens with one attached hydrogen (secondary N) is 1. The van der Waals surface area contributed by atoms with Crippen LogP contribution in [0.5, 0.6) is 11.5 Å². The number of aryl methyl sites for hydroxylation is 1. The van der Waals surface area contributed by atoms with Crippen LogP contribution in [-0.2, 0) is 4.74 Å². The zero-order valence-electron chi connectivity index (χ0n) is 20.6. The van der Waals surface area contributed by atoms with Crippen LogP contribution in [-0.4, -0.2) is 29.2 Å². The fourth-order valence-corrected chi connectivity index (χ4v) is 3.71. The SMILES string of the molecule is Cc1ccc(C(=O)Nc2cccc(C(=O)OCC(=O)c3ccc(Oc4c(Cl)cccc4[N+](=O)[O-])cc3)c2)cc1. The van der Waals surface area contributed by atoms with Crippen LogP contribution >= 0.6 is 11.6 Å². The first kappa shape index (κ1) is 27.0. The Morgan fingerprint density at radius 3 is 2.23 bits per heavy atom. The second kappa shape index (κ2) is 12.0. The third-order valence-electron chi connectivity index (χ3n) is 5.54. The van der Waals surface area contributed by atoms with E-state index >= 15 is 0 Å². The number of ether oxygens (including phenoxy) is 2. The van der Waals surface area contributed by atoms with E-state index in [-0.39, 0.29) is 39.2 Å². The summed E-state index contributed by atoms with van der Waals surface area (Å²) in [5.41, 5.74) is 2.00. The number of benzene rings is 4. The van der Waals surface area contributed by atoms with Gasteiger partial charge in [0.1, 0.15) is 5.75 Å². The second-order valence-electron chi connectivity index (χ2n) is 8.37. The van der Waals surface area contributed by atoms with Crippen LogP contribution in [0.15, 0.2) is 91.0 Å². The summed E-state index contributed by atoms with van der Waals surface area (Å²) in [6.45, 7) is 1.40. The molecule has 196 valence electrons. The zero-order chi connectivity index (χ0) is 27.9. The van der Waals surface area contributed by atoms with E-state index in [1.165, 1.54) is 54.6 Å². The Labute approximate surface area is 228 Å². The Balaban J connectivity index is 1.35. The highest BCUT2D eigenvalue weighted by atomic mass is 35.5. The van der Waals surface area contributed by atoms with Crippen LogP contribution in [0.1, 0.15) is 36.6 Å². The minimum atomic E-state index is -0.735. The van der Waals surface area contributed by atoms with Crippen molar-refractivity contribution in [2.45, 2.75) is 6.92 Å². The van der Waals surface area contributed by atoms with Gasteiger partial charge in [-0.25, -0.2) is 4.79 Å². The molecule has 10 heteroatoms. The molecule has 1 amide bonds. The quantitative estimate of drug-likeness (QED) is 0.108. The molecule has 4 aromatic rings. The molecule has 0 aliphatic carbocycles. The lowest BCUT2D eigenvalue weighted by Gasteiger charge is -2.09. The average Bonchev–Trinajstić information content (AvgIpc) is 2.93. The van der Waals surface area contributed by atoms with Gasteiger partial charge < -0.3 is 14.8 Å². The number of amides is 1. The largest absolute Gasteiger partial charge is 0.454 e. The summed E-state index contributed by atoms with van der Waals surface area (Å²) < 4.78 is 10.7. The number of ketones is 1. The standard InChI is InChI=1S/C29H21ClN2O7/c1-18-8-10-20(11-9-18)28(34)31-22-5-2-4-21(16-22)29(35)38-17-26(33)19-12-14-23(15-13-19)39-27-24(30)6-3-7-25(27)32(36)37/h2-16H,17H2,1H3,(H,31,34). The van der Waals surface area contributed by atoms with Crippen LogP contribution < -0.4 is 10.1 Å². The second-order valence-corrected chi connectivity index (χ2v) is 8.78. The number of rotatable bonds is 9. The summed E-state index contributed by atoms with van der Waals surface area (Å²) in [5.74, 6) is -1.42. The highest BCUT2D eigenvalue weighted by Crippen LogP contribution is 2.37. The lowest BCUT2D eigenvalue weighted by atomic mass is 10.1. The molecule has 0 aromatic heterocycles. The first-order chi connectivity index (χ1) is 18.7. The maximum Gasteiger partial charge on any atom is 0.338 e. The Morgan fingerprint density at radius 1 is 0.872 bits per heavy atom. The third kappa shape index (κ3) is 6.85. The number of nitrogens with zero attached hydrogens (tertiary/aromatic N) is 1. The molecule has 0 spiro atoms. The van der Waals surface area contributed by atoms with Gasteiger partial charge in [0.25, 0.3) is 5.91 Å². The van der Waals surface area contributed by atoms with Crippen LogP contribution in [0.25, 0.3) is 0 Å². The van der Waals surface area contributed by atoms with Crippen molar-refractivity contribution in [1.29, 1.82) is 0 Å². The Bertz CT molecular complexity index is 1550. The molecule has 4 rings (SSSR count). The molecule has 0 radical (unpaired) electrons. The van der Waals surface area contributed by atoms with Crippen molar-refractivity contribution in [2.24, 2.45) is 0 Å². The van der Waals surface area contributed by atoms with E-state index in [4.69, 9.17) is 21.1 Å². The summed E-state index contributed by atoms with van der Waals surface area (Å²) in [5, 5.41) is 14.0. The maximum absolute atomic E-state index is 12.6. The molecule has 0 saturated heterocycles. The monoisotopic (exact) mass is 544 g/mol. The topological polar surface area (TPSA) is 125 Å². The van der Waals surface area contributed by atoms with Gasteiger partial charge in [-0.3, -0.25) is 19.7 Å². The minimum Gasteiger partial charge on any atom is -0.454 e. The number of nitro groups is 1. The van der Waals surface area contributed by atoms with E-state index in [1.54, 1.807) is 24.3 Å². The third-order valence-corrected chi connectivity index (χ3v) is 5.84. The van der Waals surface area contributed by atoms with E-state index < -0.39 is 23.3 Å². The number of Topliss-reactive ketones (excluding diaryl/α,β-unsaturated/α-hetero) is 1. The number of para-hydroxylation sites is 1. The predicted octanol–water partition coefficient (Wildman–Crippen LogP) is 6.64. The van der Waals surface area contributed by atoms with Crippen molar-refractivity contribution >= 4 is 40.6 Å². The number of hydrogen-bond acceptors (Lipinski definition) is 7. The number of hydrogen-bond donors (Lipinski definition) is 1. The highest BCUT2D eigenvalue weighted by molar-refractivity contribution is 6.32. The minimum absolute atomic E-state index is 0.0649. The molecule has 0 aliphatic heterocycles. The van der Waals surface area contributed by atoms with E-state index in [0.717, 1.165) is 5.56 Å². The number of esters is 1. The summed E-state index contributed by atoms with van der Waals surface area (Å²) in [6.07, 6.45) is 0. The van der Waals surface area contributed by atoms with E-state index in [2.05, 4.69) is 5.32 Å². The van der Waals surface area contributed by atoms with Crippen molar-refractivity contribution in [1.82, 2.24) is 0 Å². The Hall–Kier alpha value is -5.02. The van der Waals surface area contributed by atoms with E-state index in [1.807, 2.05) is 19.1 Å². The molecule has 4 aromatic carbocycles. The van der Waals surface area contributed by atoms with Crippen LogP contribution in [0.2, 0.25) is 5.02 Å². The molecule has 39 heavy (non-hydrogen) atoms. The molecule has 0 bridgehead atoms. The molecule has 0 heterocycles. The molecule has 0 atom stereocenters. The summed E-state index contributed by atoms with van der Waals surface area (Å²) >= 11 is 6.04. The lowest BCUT2D eigenvalue weighted by molar-refractivity contribution is -0.385. The van der Waals surface area contributed by atoms with Crippen molar-refractivity contribution in [3.8, 4) is 11.5 Å². The van der Waals surface area contributed by atoms with Gasteiger partial charge in [0.2, 0.25) is 5.75 Å². The number of nitro benzene ring substituents is 1. The number of carbonyl (C=O) groups is 3. The normalized spacial score (nSPS) is 10.4. The number of anilines is 1. The molecule has 0 unspecified atom stereocenters. The molecule has 0 fully saturated rings. The van der Waals surface area contributed by atoms with Crippen LogP contribution in [0.3, 0.4) is 0 Å². The van der Waals surface area contributed by atoms with Gasteiger partial charge >= 0.3 is 11.7 Å². The molecule has 0 saturated carbocycles. The van der Waals surface area contributed by atoms with Crippen molar-refractivity contribution < 1.29 is 28.8 Å². The van der Waals surface area contributed by atoms with Gasteiger partial charge in [-0.2, -0.15) is 0 Å². The molecule has 9 nitrogen and oxygen atoms in total. The van der Waals surface area contributed by atoms with E-state index in [9.17, 15) is 24.5 Å². The van der Waals surface area contributed by atoms with Crippen molar-refractivity contribution in [3.63, 3.8) is 0 Å². The summed E-state index contributed by atoms with van der Waals surface area (Å²) in [4.78, 5) is 48.2. The van der Waals surface area contributed by atoms with Crippen molar-refractivity contribution in [2.75, 3.05) is 11.9 Å². The predicted molar refractivity (Wildman–Crippen MR) is 145 cm³/mol. The average molecular weight is 545 g/mol. The Morgan fingerprint density at radius 2 is 1.54 bits per heavy atom. The van der Waals surface area contributed by atoms with Gasteiger partial charge in [0, 0.05) is 22.9 Å². The lowest BCUT2D eigenvalue weighted by Crippen LogP contribution is -2.15. The van der Waals surface area contributed by atoms with Crippen LogP contribution in [0, 0.1) is 17.0 Å². The number of carbonyl (C=O) groups excluding carboxylic acids is 3. The van der Waals surface area contributed by atoms with Crippen molar-refractivity contribution in [3.05, 3.63) is 128 Å². The van der Waals surface area contributed by atoms with Gasteiger partial charge in [0.15, 0.2) is 12.4 Å². The van der Waals surface area contributed by atoms with Gasteiger partial charge in [-0.1, -0.05) is 41.4 Å². The molecular formula is C29H21ClN2O7. The van der Waals surface area contributed by atoms with Crippen LogP contribution in [0.4, 0.5) is 11.4 Å².